The minimum atomic E-state index is -3.51. The highest BCUT2D eigenvalue weighted by Crippen LogP contribution is 2.36. The number of sulfonamides is 1. The normalized spacial score (nSPS) is 20.6. The molecule has 0 bridgehead atoms. The van der Waals surface area contributed by atoms with E-state index in [1.54, 1.807) is 23.2 Å². The van der Waals surface area contributed by atoms with E-state index < -0.39 is 10.0 Å². The first kappa shape index (κ1) is 13.4. The summed E-state index contributed by atoms with van der Waals surface area (Å²) in [5.41, 5.74) is 0. The lowest BCUT2D eigenvalue weighted by Crippen LogP contribution is -2.30. The highest BCUT2D eigenvalue weighted by atomic mass is 32.2. The summed E-state index contributed by atoms with van der Waals surface area (Å²) in [7, 11) is -3.51. The van der Waals surface area contributed by atoms with Crippen molar-refractivity contribution in [3.63, 3.8) is 0 Å². The molecule has 1 aliphatic rings. The number of aromatic nitrogens is 2. The van der Waals surface area contributed by atoms with Gasteiger partial charge in [0.15, 0.2) is 0 Å². The Morgan fingerprint density at radius 3 is 3.00 bits per heavy atom. The standard InChI is InChI=1S/C13H17N3O3S/c1-2-15-10-11(9-14-15)20(17,18)16-7-3-5-12(16)13-6-4-8-19-13/h4,6,8-10,12H,2-3,5,7H2,1H3. The highest BCUT2D eigenvalue weighted by molar-refractivity contribution is 7.89. The molecule has 6 nitrogen and oxygen atoms in total. The van der Waals surface area contributed by atoms with Crippen LogP contribution in [0.15, 0.2) is 40.1 Å². The van der Waals surface area contributed by atoms with Gasteiger partial charge in [0, 0.05) is 19.3 Å². The third kappa shape index (κ3) is 2.16. The monoisotopic (exact) mass is 295 g/mol. The maximum Gasteiger partial charge on any atom is 0.246 e. The molecule has 1 saturated heterocycles. The van der Waals surface area contributed by atoms with Crippen LogP contribution in [0.3, 0.4) is 0 Å². The van der Waals surface area contributed by atoms with Crippen LogP contribution < -0.4 is 0 Å². The van der Waals surface area contributed by atoms with Crippen LogP contribution in [0.25, 0.3) is 0 Å². The van der Waals surface area contributed by atoms with E-state index in [9.17, 15) is 8.42 Å². The Morgan fingerprint density at radius 2 is 2.35 bits per heavy atom. The molecule has 1 atom stereocenters. The number of rotatable bonds is 4. The lowest BCUT2D eigenvalue weighted by Gasteiger charge is -2.21. The van der Waals surface area contributed by atoms with Crippen LogP contribution in [0.1, 0.15) is 31.6 Å². The van der Waals surface area contributed by atoms with Crippen molar-refractivity contribution in [2.24, 2.45) is 0 Å². The van der Waals surface area contributed by atoms with Gasteiger partial charge in [-0.1, -0.05) is 0 Å². The SMILES string of the molecule is CCn1cc(S(=O)(=O)N2CCCC2c2ccco2)cn1. The molecule has 1 fully saturated rings. The smallest absolute Gasteiger partial charge is 0.246 e. The fourth-order valence-electron chi connectivity index (χ4n) is 2.58. The van der Waals surface area contributed by atoms with Gasteiger partial charge in [0.25, 0.3) is 0 Å². The van der Waals surface area contributed by atoms with Crippen molar-refractivity contribution in [1.82, 2.24) is 14.1 Å². The maximum absolute atomic E-state index is 12.7. The van der Waals surface area contributed by atoms with Crippen molar-refractivity contribution < 1.29 is 12.8 Å². The molecule has 0 saturated carbocycles. The Labute approximate surface area is 118 Å². The predicted molar refractivity (Wildman–Crippen MR) is 72.5 cm³/mol. The van der Waals surface area contributed by atoms with Gasteiger partial charge < -0.3 is 4.42 Å². The maximum atomic E-state index is 12.7. The van der Waals surface area contributed by atoms with Crippen molar-refractivity contribution in [2.45, 2.75) is 37.2 Å². The van der Waals surface area contributed by atoms with Gasteiger partial charge in [0.2, 0.25) is 10.0 Å². The third-order valence-corrected chi connectivity index (χ3v) is 5.48. The predicted octanol–water partition coefficient (Wildman–Crippen LogP) is 2.02. The van der Waals surface area contributed by atoms with Gasteiger partial charge in [0.05, 0.1) is 18.5 Å². The first-order chi connectivity index (χ1) is 9.63. The van der Waals surface area contributed by atoms with E-state index >= 15 is 0 Å². The number of hydrogen-bond donors (Lipinski definition) is 0. The van der Waals surface area contributed by atoms with Crippen molar-refractivity contribution in [3.8, 4) is 0 Å². The van der Waals surface area contributed by atoms with Gasteiger partial charge in [-0.3, -0.25) is 4.68 Å². The molecule has 0 amide bonds. The average Bonchev–Trinajstić information content (AvgIpc) is 3.17. The van der Waals surface area contributed by atoms with E-state index in [0.29, 0.717) is 18.8 Å². The van der Waals surface area contributed by atoms with Crippen molar-refractivity contribution in [1.29, 1.82) is 0 Å². The summed E-state index contributed by atoms with van der Waals surface area (Å²) < 4.78 is 33.9. The molecule has 1 unspecified atom stereocenters. The van der Waals surface area contributed by atoms with Gasteiger partial charge in [0.1, 0.15) is 10.7 Å². The summed E-state index contributed by atoms with van der Waals surface area (Å²) in [5.74, 6) is 0.703. The van der Waals surface area contributed by atoms with E-state index in [-0.39, 0.29) is 10.9 Å². The largest absolute Gasteiger partial charge is 0.468 e. The molecule has 2 aromatic heterocycles. The zero-order valence-corrected chi connectivity index (χ0v) is 12.1. The topological polar surface area (TPSA) is 68.3 Å². The minimum absolute atomic E-state index is 0.208. The van der Waals surface area contributed by atoms with Gasteiger partial charge in [-0.2, -0.15) is 9.40 Å². The van der Waals surface area contributed by atoms with Crippen LogP contribution in [0, 0.1) is 0 Å². The molecule has 7 heteroatoms. The second-order valence-electron chi connectivity index (χ2n) is 4.82. The quantitative estimate of drug-likeness (QED) is 0.865. The van der Waals surface area contributed by atoms with E-state index in [1.165, 1.54) is 10.5 Å². The lowest BCUT2D eigenvalue weighted by molar-refractivity contribution is 0.339. The van der Waals surface area contributed by atoms with Gasteiger partial charge in [-0.05, 0) is 31.9 Å². The second-order valence-corrected chi connectivity index (χ2v) is 6.71. The van der Waals surface area contributed by atoms with Gasteiger partial charge in [-0.15, -0.1) is 0 Å². The second kappa shape index (κ2) is 5.06. The molecule has 108 valence electrons. The van der Waals surface area contributed by atoms with Gasteiger partial charge >= 0.3 is 0 Å². The molecule has 3 rings (SSSR count). The molecular formula is C13H17N3O3S. The Morgan fingerprint density at radius 1 is 1.50 bits per heavy atom. The van der Waals surface area contributed by atoms with Crippen LogP contribution in [0.4, 0.5) is 0 Å². The summed E-state index contributed by atoms with van der Waals surface area (Å²) in [6.07, 6.45) is 6.19. The molecule has 3 heterocycles. The summed E-state index contributed by atoms with van der Waals surface area (Å²) in [6.45, 7) is 3.09. The van der Waals surface area contributed by atoms with Crippen molar-refractivity contribution in [2.75, 3.05) is 6.54 Å². The molecule has 0 spiro atoms. The molecule has 0 N–H and O–H groups in total. The summed E-state index contributed by atoms with van der Waals surface area (Å²) in [6, 6.07) is 3.40. The minimum Gasteiger partial charge on any atom is -0.468 e. The zero-order chi connectivity index (χ0) is 14.2. The number of nitrogens with zero attached hydrogens (tertiary/aromatic N) is 3. The fraction of sp³-hybridized carbons (Fsp3) is 0.462. The van der Waals surface area contributed by atoms with E-state index in [0.717, 1.165) is 12.8 Å². The molecule has 20 heavy (non-hydrogen) atoms. The molecule has 1 aliphatic heterocycles. The summed E-state index contributed by atoms with van der Waals surface area (Å²) >= 11 is 0. The van der Waals surface area contributed by atoms with Crippen LogP contribution in [0.2, 0.25) is 0 Å². The van der Waals surface area contributed by atoms with Crippen LogP contribution in [-0.4, -0.2) is 29.0 Å². The third-order valence-electron chi connectivity index (χ3n) is 3.62. The first-order valence-corrected chi connectivity index (χ1v) is 8.14. The van der Waals surface area contributed by atoms with E-state index in [1.807, 2.05) is 13.0 Å². The number of furan rings is 1. The van der Waals surface area contributed by atoms with E-state index in [4.69, 9.17) is 4.42 Å². The Balaban J connectivity index is 1.94. The number of hydrogen-bond acceptors (Lipinski definition) is 4. The Hall–Kier alpha value is -1.60. The highest BCUT2D eigenvalue weighted by Gasteiger charge is 2.38. The van der Waals surface area contributed by atoms with Crippen LogP contribution >= 0.6 is 0 Å². The summed E-state index contributed by atoms with van der Waals surface area (Å²) in [4.78, 5) is 0.248. The first-order valence-electron chi connectivity index (χ1n) is 6.70. The fourth-order valence-corrected chi connectivity index (χ4v) is 4.20. The van der Waals surface area contributed by atoms with E-state index in [2.05, 4.69) is 5.10 Å². The molecule has 2 aromatic rings. The zero-order valence-electron chi connectivity index (χ0n) is 11.3. The van der Waals surface area contributed by atoms with Crippen molar-refractivity contribution >= 4 is 10.0 Å². The Bertz CT molecular complexity index is 676. The molecular weight excluding hydrogens is 278 g/mol. The Kier molecular flexibility index (Phi) is 3.39. The lowest BCUT2D eigenvalue weighted by atomic mass is 10.2. The summed E-state index contributed by atoms with van der Waals surface area (Å²) in [5, 5.41) is 4.05. The van der Waals surface area contributed by atoms with Crippen LogP contribution in [-0.2, 0) is 16.6 Å². The molecule has 0 radical (unpaired) electrons. The molecule has 0 aromatic carbocycles. The number of aryl methyl sites for hydroxylation is 1. The average molecular weight is 295 g/mol. The van der Waals surface area contributed by atoms with Crippen molar-refractivity contribution in [3.05, 3.63) is 36.5 Å². The van der Waals surface area contributed by atoms with Crippen LogP contribution in [0.5, 0.6) is 0 Å². The van der Waals surface area contributed by atoms with Gasteiger partial charge in [-0.25, -0.2) is 8.42 Å². The molecule has 0 aliphatic carbocycles.